The lowest BCUT2D eigenvalue weighted by molar-refractivity contribution is 0.890. The molecule has 1 nitrogen and oxygen atoms in total. The molecule has 0 bridgehead atoms. The highest BCUT2D eigenvalue weighted by Gasteiger charge is 2.02. The summed E-state index contributed by atoms with van der Waals surface area (Å²) in [6, 6.07) is 6.06. The summed E-state index contributed by atoms with van der Waals surface area (Å²) in [7, 11) is 0. The van der Waals surface area contributed by atoms with Gasteiger partial charge in [-0.3, -0.25) is 0 Å². The van der Waals surface area contributed by atoms with Crippen molar-refractivity contribution in [2.75, 3.05) is 11.9 Å². The van der Waals surface area contributed by atoms with Crippen molar-refractivity contribution in [2.45, 2.75) is 12.8 Å². The van der Waals surface area contributed by atoms with Gasteiger partial charge in [0.15, 0.2) is 0 Å². The number of nitrogens with one attached hydrogen (secondary N) is 1. The average Bonchev–Trinajstić information content (AvgIpc) is 2.16. The van der Waals surface area contributed by atoms with Gasteiger partial charge in [0, 0.05) is 15.5 Å². The number of allylic oxidation sites excluding steroid dienone is 1. The summed E-state index contributed by atoms with van der Waals surface area (Å²) in [5, 5.41) is 3.37. The zero-order chi connectivity index (χ0) is 10.4. The molecule has 1 aromatic rings. The fraction of sp³-hybridized carbons (Fsp3) is 0.273. The van der Waals surface area contributed by atoms with Gasteiger partial charge < -0.3 is 5.32 Å². The van der Waals surface area contributed by atoms with Crippen LogP contribution < -0.4 is 5.32 Å². The van der Waals surface area contributed by atoms with E-state index in [-0.39, 0.29) is 0 Å². The Hall–Kier alpha value is -0.280. The lowest BCUT2D eigenvalue weighted by atomic mass is 10.3. The normalized spacial score (nSPS) is 9.86. The van der Waals surface area contributed by atoms with E-state index in [1.54, 1.807) is 0 Å². The SMILES string of the molecule is C=CCCCNc1c(Br)cccc1Br. The minimum atomic E-state index is 0.966. The molecule has 0 unspecified atom stereocenters. The summed E-state index contributed by atoms with van der Waals surface area (Å²) in [6.45, 7) is 4.66. The van der Waals surface area contributed by atoms with Gasteiger partial charge in [0.25, 0.3) is 0 Å². The molecule has 0 fully saturated rings. The van der Waals surface area contributed by atoms with Crippen molar-refractivity contribution in [1.82, 2.24) is 0 Å². The summed E-state index contributed by atoms with van der Waals surface area (Å²) < 4.78 is 2.18. The molecule has 0 radical (unpaired) electrons. The largest absolute Gasteiger partial charge is 0.383 e. The van der Waals surface area contributed by atoms with Crippen LogP contribution in [0, 0.1) is 0 Å². The second-order valence-electron chi connectivity index (χ2n) is 2.95. The maximum absolute atomic E-state index is 3.69. The molecule has 0 aliphatic heterocycles. The van der Waals surface area contributed by atoms with Crippen molar-refractivity contribution < 1.29 is 0 Å². The molecular weight excluding hydrogens is 306 g/mol. The van der Waals surface area contributed by atoms with Crippen molar-refractivity contribution in [2.24, 2.45) is 0 Å². The smallest absolute Gasteiger partial charge is 0.0628 e. The van der Waals surface area contributed by atoms with Crippen molar-refractivity contribution in [3.63, 3.8) is 0 Å². The zero-order valence-electron chi connectivity index (χ0n) is 7.89. The van der Waals surface area contributed by atoms with Crippen LogP contribution in [-0.2, 0) is 0 Å². The molecule has 0 spiro atoms. The van der Waals surface area contributed by atoms with Gasteiger partial charge in [-0.05, 0) is 56.8 Å². The van der Waals surface area contributed by atoms with Crippen molar-refractivity contribution in [1.29, 1.82) is 0 Å². The molecule has 0 aromatic heterocycles. The molecular formula is C11H13Br2N. The molecule has 1 N–H and O–H groups in total. The van der Waals surface area contributed by atoms with Gasteiger partial charge in [0.2, 0.25) is 0 Å². The molecule has 0 aliphatic rings. The molecule has 1 aromatic carbocycles. The van der Waals surface area contributed by atoms with Crippen LogP contribution in [0.3, 0.4) is 0 Å². The minimum absolute atomic E-state index is 0.966. The van der Waals surface area contributed by atoms with Crippen LogP contribution in [0.25, 0.3) is 0 Å². The van der Waals surface area contributed by atoms with E-state index < -0.39 is 0 Å². The summed E-state index contributed by atoms with van der Waals surface area (Å²) in [5.74, 6) is 0. The van der Waals surface area contributed by atoms with E-state index in [4.69, 9.17) is 0 Å². The van der Waals surface area contributed by atoms with E-state index in [0.717, 1.165) is 34.0 Å². The maximum atomic E-state index is 3.69. The third-order valence-electron chi connectivity index (χ3n) is 1.85. The average molecular weight is 319 g/mol. The summed E-state index contributed by atoms with van der Waals surface area (Å²) >= 11 is 7.01. The predicted molar refractivity (Wildman–Crippen MR) is 69.8 cm³/mol. The summed E-state index contributed by atoms with van der Waals surface area (Å²) in [5.41, 5.74) is 1.12. The Morgan fingerprint density at radius 1 is 1.29 bits per heavy atom. The van der Waals surface area contributed by atoms with Gasteiger partial charge in [-0.2, -0.15) is 0 Å². The molecule has 0 saturated heterocycles. The molecule has 0 heterocycles. The highest BCUT2D eigenvalue weighted by Crippen LogP contribution is 2.30. The van der Waals surface area contributed by atoms with Crippen LogP contribution in [0.2, 0.25) is 0 Å². The number of benzene rings is 1. The van der Waals surface area contributed by atoms with E-state index in [1.807, 2.05) is 24.3 Å². The Balaban J connectivity index is 2.53. The van der Waals surface area contributed by atoms with Gasteiger partial charge in [-0.25, -0.2) is 0 Å². The molecule has 14 heavy (non-hydrogen) atoms. The van der Waals surface area contributed by atoms with E-state index in [9.17, 15) is 0 Å². The number of rotatable bonds is 5. The van der Waals surface area contributed by atoms with Gasteiger partial charge in [-0.1, -0.05) is 12.1 Å². The van der Waals surface area contributed by atoms with Gasteiger partial charge >= 0.3 is 0 Å². The van der Waals surface area contributed by atoms with Crippen LogP contribution in [0.15, 0.2) is 39.8 Å². The lowest BCUT2D eigenvalue weighted by Gasteiger charge is -2.09. The molecule has 0 aliphatic carbocycles. The van der Waals surface area contributed by atoms with Crippen LogP contribution in [-0.4, -0.2) is 6.54 Å². The quantitative estimate of drug-likeness (QED) is 0.618. The topological polar surface area (TPSA) is 12.0 Å². The first-order valence-electron chi connectivity index (χ1n) is 4.54. The Kier molecular flexibility index (Phi) is 5.26. The number of hydrogen-bond donors (Lipinski definition) is 1. The van der Waals surface area contributed by atoms with Crippen LogP contribution in [0.5, 0.6) is 0 Å². The standard InChI is InChI=1S/C11H13Br2N/c1-2-3-4-8-14-11-9(12)6-5-7-10(11)13/h2,5-7,14H,1,3-4,8H2. The molecule has 76 valence electrons. The highest BCUT2D eigenvalue weighted by atomic mass is 79.9. The van der Waals surface area contributed by atoms with Crippen molar-refractivity contribution in [3.05, 3.63) is 39.8 Å². The molecule has 1 rings (SSSR count). The summed E-state index contributed by atoms with van der Waals surface area (Å²) in [6.07, 6.45) is 4.10. The van der Waals surface area contributed by atoms with E-state index in [0.29, 0.717) is 0 Å². The second kappa shape index (κ2) is 6.25. The van der Waals surface area contributed by atoms with E-state index in [2.05, 4.69) is 43.8 Å². The van der Waals surface area contributed by atoms with Crippen molar-refractivity contribution >= 4 is 37.5 Å². The first-order valence-corrected chi connectivity index (χ1v) is 6.13. The number of halogens is 2. The maximum Gasteiger partial charge on any atom is 0.0628 e. The molecule has 0 saturated carbocycles. The number of para-hydroxylation sites is 1. The van der Waals surface area contributed by atoms with Crippen molar-refractivity contribution in [3.8, 4) is 0 Å². The predicted octanol–water partition coefficient (Wildman–Crippen LogP) is 4.59. The monoisotopic (exact) mass is 317 g/mol. The number of hydrogen-bond acceptors (Lipinski definition) is 1. The Labute approximate surface area is 102 Å². The minimum Gasteiger partial charge on any atom is -0.383 e. The third kappa shape index (κ3) is 3.46. The van der Waals surface area contributed by atoms with Crippen LogP contribution in [0.4, 0.5) is 5.69 Å². The molecule has 3 heteroatoms. The van der Waals surface area contributed by atoms with Crippen LogP contribution >= 0.6 is 31.9 Å². The summed E-state index contributed by atoms with van der Waals surface area (Å²) in [4.78, 5) is 0. The first kappa shape index (κ1) is 11.8. The number of unbranched alkanes of at least 4 members (excludes halogenated alkanes) is 1. The van der Waals surface area contributed by atoms with Gasteiger partial charge in [-0.15, -0.1) is 6.58 Å². The molecule has 0 amide bonds. The fourth-order valence-electron chi connectivity index (χ4n) is 1.13. The van der Waals surface area contributed by atoms with E-state index >= 15 is 0 Å². The highest BCUT2D eigenvalue weighted by molar-refractivity contribution is 9.11. The Morgan fingerprint density at radius 2 is 1.93 bits per heavy atom. The first-order chi connectivity index (χ1) is 6.75. The third-order valence-corrected chi connectivity index (χ3v) is 3.17. The molecule has 0 atom stereocenters. The van der Waals surface area contributed by atoms with Gasteiger partial charge in [0.1, 0.15) is 0 Å². The second-order valence-corrected chi connectivity index (χ2v) is 4.66. The zero-order valence-corrected chi connectivity index (χ0v) is 11.1. The van der Waals surface area contributed by atoms with E-state index in [1.165, 1.54) is 0 Å². The van der Waals surface area contributed by atoms with Crippen LogP contribution in [0.1, 0.15) is 12.8 Å². The number of anilines is 1. The fourth-order valence-corrected chi connectivity index (χ4v) is 2.41. The van der Waals surface area contributed by atoms with Gasteiger partial charge in [0.05, 0.1) is 5.69 Å². The lowest BCUT2D eigenvalue weighted by Crippen LogP contribution is -2.02. The Morgan fingerprint density at radius 3 is 2.50 bits per heavy atom. The Bertz CT molecular complexity index is 290.